The lowest BCUT2D eigenvalue weighted by atomic mass is 9.96. The van der Waals surface area contributed by atoms with Crippen molar-refractivity contribution >= 4 is 5.71 Å². The van der Waals surface area contributed by atoms with Gasteiger partial charge in [-0.25, -0.2) is 0 Å². The average molecular weight is 191 g/mol. The maximum Gasteiger partial charge on any atom is 0.0583 e. The third-order valence-corrected chi connectivity index (χ3v) is 2.80. The van der Waals surface area contributed by atoms with Crippen LogP contribution in [0.1, 0.15) is 44.0 Å². The van der Waals surface area contributed by atoms with E-state index in [-0.39, 0.29) is 0 Å². The lowest BCUT2D eigenvalue weighted by Crippen LogP contribution is -2.15. The molecule has 0 bridgehead atoms. The van der Waals surface area contributed by atoms with Crippen LogP contribution < -0.4 is 0 Å². The van der Waals surface area contributed by atoms with Crippen molar-refractivity contribution in [2.75, 3.05) is 7.05 Å². The fourth-order valence-electron chi connectivity index (χ4n) is 2.11. The van der Waals surface area contributed by atoms with Gasteiger partial charge in [0.05, 0.1) is 6.20 Å². The predicted molar refractivity (Wildman–Crippen MR) is 58.0 cm³/mol. The molecular weight excluding hydrogens is 174 g/mol. The van der Waals surface area contributed by atoms with Crippen molar-refractivity contribution in [3.63, 3.8) is 0 Å². The lowest BCUT2D eigenvalue weighted by molar-refractivity contribution is 0.504. The maximum absolute atomic E-state index is 4.43. The van der Waals surface area contributed by atoms with E-state index in [1.807, 2.05) is 13.2 Å². The molecule has 1 aliphatic rings. The van der Waals surface area contributed by atoms with Crippen molar-refractivity contribution in [3.8, 4) is 0 Å². The van der Waals surface area contributed by atoms with Crippen LogP contribution in [0.2, 0.25) is 0 Å². The number of aliphatic imine (C=N–C) groups is 1. The molecule has 0 aromatic carbocycles. The molecule has 14 heavy (non-hydrogen) atoms. The third kappa shape index (κ3) is 1.37. The summed E-state index contributed by atoms with van der Waals surface area (Å²) in [4.78, 5) is 4.32. The Bertz CT molecular complexity index is 361. The zero-order valence-electron chi connectivity index (χ0n) is 9.12. The van der Waals surface area contributed by atoms with Gasteiger partial charge in [0.2, 0.25) is 0 Å². The van der Waals surface area contributed by atoms with Crippen LogP contribution in [-0.2, 0) is 6.42 Å². The van der Waals surface area contributed by atoms with E-state index in [1.54, 1.807) is 0 Å². The van der Waals surface area contributed by atoms with Crippen LogP contribution in [0.15, 0.2) is 11.2 Å². The number of nitrogens with zero attached hydrogens (tertiary/aromatic N) is 3. The Hall–Kier alpha value is -1.12. The standard InChI is InChI=1S/C11H17N3/c1-8(2)14-11-6-4-5-10(12-3)9(11)7-13-14/h7-8H,4-6H2,1-3H3. The summed E-state index contributed by atoms with van der Waals surface area (Å²) >= 11 is 0. The molecule has 0 fully saturated rings. The topological polar surface area (TPSA) is 30.2 Å². The number of hydrogen-bond donors (Lipinski definition) is 0. The Morgan fingerprint density at radius 2 is 2.21 bits per heavy atom. The summed E-state index contributed by atoms with van der Waals surface area (Å²) in [5, 5.41) is 4.43. The van der Waals surface area contributed by atoms with Gasteiger partial charge in [0.1, 0.15) is 0 Å². The third-order valence-electron chi connectivity index (χ3n) is 2.80. The molecule has 76 valence electrons. The van der Waals surface area contributed by atoms with E-state index in [0.29, 0.717) is 6.04 Å². The first-order valence-electron chi connectivity index (χ1n) is 5.26. The Labute approximate surface area is 84.8 Å². The molecule has 0 saturated heterocycles. The molecule has 0 amide bonds. The second-order valence-electron chi connectivity index (χ2n) is 4.07. The number of hydrogen-bond acceptors (Lipinski definition) is 2. The quantitative estimate of drug-likeness (QED) is 0.669. The highest BCUT2D eigenvalue weighted by Crippen LogP contribution is 2.23. The minimum absolute atomic E-state index is 0.454. The average Bonchev–Trinajstić information content (AvgIpc) is 2.60. The molecule has 3 nitrogen and oxygen atoms in total. The first-order chi connectivity index (χ1) is 6.74. The maximum atomic E-state index is 4.43. The fourth-order valence-corrected chi connectivity index (χ4v) is 2.11. The van der Waals surface area contributed by atoms with Gasteiger partial charge in [-0.1, -0.05) is 0 Å². The first-order valence-corrected chi connectivity index (χ1v) is 5.26. The molecule has 0 unspecified atom stereocenters. The second-order valence-corrected chi connectivity index (χ2v) is 4.07. The summed E-state index contributed by atoms with van der Waals surface area (Å²) in [6, 6.07) is 0.454. The van der Waals surface area contributed by atoms with Crippen LogP contribution in [-0.4, -0.2) is 22.5 Å². The van der Waals surface area contributed by atoms with Gasteiger partial charge >= 0.3 is 0 Å². The van der Waals surface area contributed by atoms with Crippen molar-refractivity contribution < 1.29 is 0 Å². The minimum atomic E-state index is 0.454. The van der Waals surface area contributed by atoms with E-state index in [9.17, 15) is 0 Å². The molecule has 0 aliphatic heterocycles. The van der Waals surface area contributed by atoms with E-state index in [0.717, 1.165) is 12.8 Å². The number of fused-ring (bicyclic) bond motifs is 1. The first kappa shape index (κ1) is 9.44. The van der Waals surface area contributed by atoms with E-state index in [4.69, 9.17) is 0 Å². The lowest BCUT2D eigenvalue weighted by Gasteiger charge is -2.17. The number of aromatic nitrogens is 2. The molecule has 3 heteroatoms. The minimum Gasteiger partial charge on any atom is -0.292 e. The van der Waals surface area contributed by atoms with Crippen LogP contribution in [0.3, 0.4) is 0 Å². The Balaban J connectivity index is 2.48. The van der Waals surface area contributed by atoms with Crippen molar-refractivity contribution in [2.24, 2.45) is 4.99 Å². The summed E-state index contributed by atoms with van der Waals surface area (Å²) < 4.78 is 2.12. The fraction of sp³-hybridized carbons (Fsp3) is 0.636. The molecule has 0 atom stereocenters. The van der Waals surface area contributed by atoms with Gasteiger partial charge in [0.15, 0.2) is 0 Å². The van der Waals surface area contributed by atoms with E-state index >= 15 is 0 Å². The Morgan fingerprint density at radius 3 is 2.86 bits per heavy atom. The summed E-state index contributed by atoms with van der Waals surface area (Å²) in [5.41, 5.74) is 3.86. The van der Waals surface area contributed by atoms with Crippen LogP contribution in [0.4, 0.5) is 0 Å². The molecule has 2 rings (SSSR count). The van der Waals surface area contributed by atoms with E-state index < -0.39 is 0 Å². The molecule has 1 aliphatic carbocycles. The van der Waals surface area contributed by atoms with Crippen LogP contribution in [0, 0.1) is 0 Å². The molecule has 0 spiro atoms. The normalized spacial score (nSPS) is 19.0. The van der Waals surface area contributed by atoms with Gasteiger partial charge in [0.25, 0.3) is 0 Å². The highest BCUT2D eigenvalue weighted by molar-refractivity contribution is 6.02. The van der Waals surface area contributed by atoms with Gasteiger partial charge in [-0.15, -0.1) is 0 Å². The summed E-state index contributed by atoms with van der Waals surface area (Å²) in [6.07, 6.45) is 5.43. The Morgan fingerprint density at radius 1 is 1.43 bits per heavy atom. The molecule has 0 saturated carbocycles. The summed E-state index contributed by atoms with van der Waals surface area (Å²) in [7, 11) is 1.87. The predicted octanol–water partition coefficient (Wildman–Crippen LogP) is 2.22. The largest absolute Gasteiger partial charge is 0.292 e. The summed E-state index contributed by atoms with van der Waals surface area (Å²) in [5.74, 6) is 0. The number of rotatable bonds is 1. The van der Waals surface area contributed by atoms with Gasteiger partial charge < -0.3 is 0 Å². The SMILES string of the molecule is CN=C1CCCc2c1cnn2C(C)C. The van der Waals surface area contributed by atoms with Crippen molar-refractivity contribution in [2.45, 2.75) is 39.2 Å². The van der Waals surface area contributed by atoms with Gasteiger partial charge in [-0.2, -0.15) is 5.10 Å². The van der Waals surface area contributed by atoms with Crippen molar-refractivity contribution in [1.29, 1.82) is 0 Å². The van der Waals surface area contributed by atoms with E-state index in [2.05, 4.69) is 28.6 Å². The molecule has 1 heterocycles. The Kier molecular flexibility index (Phi) is 2.40. The van der Waals surface area contributed by atoms with Crippen molar-refractivity contribution in [3.05, 3.63) is 17.5 Å². The van der Waals surface area contributed by atoms with E-state index in [1.165, 1.54) is 23.4 Å². The monoisotopic (exact) mass is 191 g/mol. The molecular formula is C11H17N3. The zero-order chi connectivity index (χ0) is 10.1. The molecule has 0 N–H and O–H groups in total. The molecule has 0 radical (unpaired) electrons. The van der Waals surface area contributed by atoms with Gasteiger partial charge in [-0.3, -0.25) is 9.67 Å². The van der Waals surface area contributed by atoms with Crippen LogP contribution >= 0.6 is 0 Å². The molecule has 1 aromatic rings. The van der Waals surface area contributed by atoms with Crippen molar-refractivity contribution in [1.82, 2.24) is 9.78 Å². The zero-order valence-corrected chi connectivity index (χ0v) is 9.12. The second kappa shape index (κ2) is 3.56. The highest BCUT2D eigenvalue weighted by Gasteiger charge is 2.20. The van der Waals surface area contributed by atoms with Crippen LogP contribution in [0.5, 0.6) is 0 Å². The summed E-state index contributed by atoms with van der Waals surface area (Å²) in [6.45, 7) is 4.34. The van der Waals surface area contributed by atoms with Crippen LogP contribution in [0.25, 0.3) is 0 Å². The smallest absolute Gasteiger partial charge is 0.0583 e. The molecule has 1 aromatic heterocycles. The highest BCUT2D eigenvalue weighted by atomic mass is 15.3. The van der Waals surface area contributed by atoms with Gasteiger partial charge in [-0.05, 0) is 33.1 Å². The van der Waals surface area contributed by atoms with Gasteiger partial charge in [0, 0.05) is 30.1 Å².